The smallest absolute Gasteiger partial charge is 0.194 e. The third-order valence-corrected chi connectivity index (χ3v) is 3.11. The van der Waals surface area contributed by atoms with E-state index in [0.29, 0.717) is 35.6 Å². The second kappa shape index (κ2) is 9.50. The Kier molecular flexibility index (Phi) is 7.91. The largest absolute Gasteiger partial charge is 0.370 e. The fourth-order valence-electron chi connectivity index (χ4n) is 1.45. The number of thiocarbonyl (C=S) groups is 1. The summed E-state index contributed by atoms with van der Waals surface area (Å²) in [6.07, 6.45) is 4.51. The molecule has 1 heterocycles. The molecule has 0 fully saturated rings. The Balaban J connectivity index is 2.27. The summed E-state index contributed by atoms with van der Waals surface area (Å²) < 4.78 is 0. The molecule has 0 aliphatic carbocycles. The second-order valence-corrected chi connectivity index (χ2v) is 5.00. The number of rotatable bonds is 6. The number of nitrogens with two attached hydrogens (primary N) is 1. The first-order valence-electron chi connectivity index (χ1n) is 6.57. The van der Waals surface area contributed by atoms with Gasteiger partial charge in [-0.2, -0.15) is 0 Å². The molecule has 110 valence electrons. The monoisotopic (exact) mass is 313 g/mol. The molecule has 0 atom stereocenters. The Hall–Kier alpha value is -1.40. The van der Waals surface area contributed by atoms with Crippen LogP contribution in [0.2, 0.25) is 5.02 Å². The third kappa shape index (κ3) is 6.68. The summed E-state index contributed by atoms with van der Waals surface area (Å²) in [5.41, 5.74) is 6.54. The van der Waals surface area contributed by atoms with Crippen LogP contribution >= 0.6 is 23.8 Å². The number of guanidine groups is 1. The molecule has 0 saturated heterocycles. The number of pyridine rings is 1. The quantitative estimate of drug-likeness (QED) is 0.323. The zero-order chi connectivity index (χ0) is 14.8. The van der Waals surface area contributed by atoms with Gasteiger partial charge in [-0.1, -0.05) is 24.9 Å². The maximum absolute atomic E-state index is 6.02. The van der Waals surface area contributed by atoms with Crippen LogP contribution in [0, 0.1) is 0 Å². The molecule has 1 rings (SSSR count). The average Bonchev–Trinajstić information content (AvgIpc) is 2.41. The van der Waals surface area contributed by atoms with Crippen LogP contribution < -0.4 is 16.4 Å². The van der Waals surface area contributed by atoms with Crippen molar-refractivity contribution < 1.29 is 0 Å². The molecule has 0 aromatic carbocycles. The first-order chi connectivity index (χ1) is 9.63. The van der Waals surface area contributed by atoms with E-state index in [1.54, 1.807) is 12.3 Å². The van der Waals surface area contributed by atoms with Gasteiger partial charge in [0, 0.05) is 25.7 Å². The predicted octanol–water partition coefficient (Wildman–Crippen LogP) is 1.86. The number of hydrogen-bond donors (Lipinski definition) is 3. The molecule has 0 spiro atoms. The van der Waals surface area contributed by atoms with Crippen molar-refractivity contribution in [2.75, 3.05) is 13.1 Å². The van der Waals surface area contributed by atoms with Crippen molar-refractivity contribution >= 4 is 34.9 Å². The molecule has 7 heteroatoms. The Morgan fingerprint density at radius 1 is 1.55 bits per heavy atom. The van der Waals surface area contributed by atoms with E-state index in [1.165, 1.54) is 0 Å². The van der Waals surface area contributed by atoms with E-state index in [9.17, 15) is 0 Å². The van der Waals surface area contributed by atoms with Crippen molar-refractivity contribution in [1.29, 1.82) is 0 Å². The van der Waals surface area contributed by atoms with Gasteiger partial charge in [0.2, 0.25) is 0 Å². The Bertz CT molecular complexity index is 464. The van der Waals surface area contributed by atoms with E-state index in [0.717, 1.165) is 18.5 Å². The summed E-state index contributed by atoms with van der Waals surface area (Å²) in [7, 11) is 0. The number of aromatic nitrogens is 1. The van der Waals surface area contributed by atoms with E-state index in [2.05, 4.69) is 27.5 Å². The molecule has 5 nitrogen and oxygen atoms in total. The highest BCUT2D eigenvalue weighted by Gasteiger charge is 2.02. The van der Waals surface area contributed by atoms with Crippen LogP contribution in [0.3, 0.4) is 0 Å². The highest BCUT2D eigenvalue weighted by molar-refractivity contribution is 7.80. The van der Waals surface area contributed by atoms with Gasteiger partial charge in [-0.3, -0.25) is 9.98 Å². The molecule has 0 radical (unpaired) electrons. The minimum Gasteiger partial charge on any atom is -0.370 e. The topological polar surface area (TPSA) is 75.3 Å². The fraction of sp³-hybridized carbons (Fsp3) is 0.462. The number of aliphatic imine (C=N–C) groups is 1. The van der Waals surface area contributed by atoms with E-state index >= 15 is 0 Å². The molecular weight excluding hydrogens is 294 g/mol. The zero-order valence-corrected chi connectivity index (χ0v) is 13.1. The molecule has 0 aliphatic heterocycles. The summed E-state index contributed by atoms with van der Waals surface area (Å²) in [5.74, 6) is 0.340. The van der Waals surface area contributed by atoms with Gasteiger partial charge in [0.05, 0.1) is 10.7 Å². The van der Waals surface area contributed by atoms with E-state index in [-0.39, 0.29) is 0 Å². The first-order valence-corrected chi connectivity index (χ1v) is 7.36. The van der Waals surface area contributed by atoms with Crippen LogP contribution in [0.5, 0.6) is 0 Å². The maximum atomic E-state index is 6.02. The van der Waals surface area contributed by atoms with Gasteiger partial charge >= 0.3 is 0 Å². The SMILES string of the molecule is CCCCN=C(N)NC(=S)NCCc1ncccc1Cl. The van der Waals surface area contributed by atoms with E-state index in [4.69, 9.17) is 29.6 Å². The lowest BCUT2D eigenvalue weighted by atomic mass is 10.3. The molecular formula is C13H20ClN5S. The molecule has 0 amide bonds. The number of unbranched alkanes of at least 4 members (excludes halogenated alkanes) is 1. The predicted molar refractivity (Wildman–Crippen MR) is 88.1 cm³/mol. The number of nitrogens with one attached hydrogen (secondary N) is 2. The van der Waals surface area contributed by atoms with E-state index < -0.39 is 0 Å². The number of hydrogen-bond acceptors (Lipinski definition) is 3. The number of nitrogens with zero attached hydrogens (tertiary/aromatic N) is 2. The lowest BCUT2D eigenvalue weighted by molar-refractivity contribution is 0.802. The molecule has 4 N–H and O–H groups in total. The summed E-state index contributed by atoms with van der Waals surface area (Å²) in [4.78, 5) is 8.36. The van der Waals surface area contributed by atoms with Crippen molar-refractivity contribution in [3.05, 3.63) is 29.0 Å². The molecule has 0 saturated carbocycles. The molecule has 20 heavy (non-hydrogen) atoms. The highest BCUT2D eigenvalue weighted by Crippen LogP contribution is 2.11. The fourth-order valence-corrected chi connectivity index (χ4v) is 1.88. The van der Waals surface area contributed by atoms with Gasteiger partial charge in [0.25, 0.3) is 0 Å². The average molecular weight is 314 g/mol. The normalized spacial score (nSPS) is 11.2. The van der Waals surface area contributed by atoms with Crippen molar-refractivity contribution in [2.24, 2.45) is 10.7 Å². The Morgan fingerprint density at radius 3 is 3.05 bits per heavy atom. The number of halogens is 1. The minimum atomic E-state index is 0.340. The second-order valence-electron chi connectivity index (χ2n) is 4.18. The lowest BCUT2D eigenvalue weighted by Crippen LogP contribution is -2.43. The third-order valence-electron chi connectivity index (χ3n) is 2.52. The summed E-state index contributed by atoms with van der Waals surface area (Å²) in [6, 6.07) is 3.62. The minimum absolute atomic E-state index is 0.340. The molecule has 1 aromatic rings. The summed E-state index contributed by atoms with van der Waals surface area (Å²) in [6.45, 7) is 3.44. The van der Waals surface area contributed by atoms with Crippen LogP contribution in [0.25, 0.3) is 0 Å². The van der Waals surface area contributed by atoms with Crippen LogP contribution in [0.1, 0.15) is 25.5 Å². The van der Waals surface area contributed by atoms with Crippen molar-refractivity contribution in [3.8, 4) is 0 Å². The summed E-state index contributed by atoms with van der Waals surface area (Å²) in [5, 5.41) is 6.99. The Labute approximate surface area is 130 Å². The van der Waals surface area contributed by atoms with Gasteiger partial charge in [-0.25, -0.2) is 0 Å². The van der Waals surface area contributed by atoms with Crippen molar-refractivity contribution in [3.63, 3.8) is 0 Å². The highest BCUT2D eigenvalue weighted by atomic mass is 35.5. The van der Waals surface area contributed by atoms with Crippen molar-refractivity contribution in [2.45, 2.75) is 26.2 Å². The van der Waals surface area contributed by atoms with Crippen LogP contribution in [-0.4, -0.2) is 29.1 Å². The molecule has 0 bridgehead atoms. The van der Waals surface area contributed by atoms with E-state index in [1.807, 2.05) is 6.07 Å². The molecule has 0 unspecified atom stereocenters. The van der Waals surface area contributed by atoms with Crippen LogP contribution in [-0.2, 0) is 6.42 Å². The standard InChI is InChI=1S/C13H20ClN5S/c1-2-3-7-17-12(15)19-13(20)18-9-6-11-10(14)5-4-8-16-11/h4-5,8H,2-3,6-7,9H2,1H3,(H4,15,17,18,19,20). The molecule has 1 aromatic heterocycles. The maximum Gasteiger partial charge on any atom is 0.194 e. The van der Waals surface area contributed by atoms with Gasteiger partial charge in [-0.05, 0) is 30.8 Å². The van der Waals surface area contributed by atoms with Gasteiger partial charge < -0.3 is 16.4 Å². The first kappa shape index (κ1) is 16.7. The van der Waals surface area contributed by atoms with Crippen molar-refractivity contribution in [1.82, 2.24) is 15.6 Å². The Morgan fingerprint density at radius 2 is 2.35 bits per heavy atom. The van der Waals surface area contributed by atoms with Gasteiger partial charge in [-0.15, -0.1) is 0 Å². The molecule has 0 aliphatic rings. The van der Waals surface area contributed by atoms with Crippen LogP contribution in [0.4, 0.5) is 0 Å². The van der Waals surface area contributed by atoms with Gasteiger partial charge in [0.1, 0.15) is 0 Å². The summed E-state index contributed by atoms with van der Waals surface area (Å²) >= 11 is 11.1. The lowest BCUT2D eigenvalue weighted by Gasteiger charge is -2.10. The van der Waals surface area contributed by atoms with Gasteiger partial charge in [0.15, 0.2) is 11.1 Å². The zero-order valence-electron chi connectivity index (χ0n) is 11.5. The van der Waals surface area contributed by atoms with Crippen LogP contribution in [0.15, 0.2) is 23.3 Å².